The molecule has 0 spiro atoms. The molecule has 0 fully saturated rings. The Labute approximate surface area is 169 Å². The zero-order chi connectivity index (χ0) is 21.3. The van der Waals surface area contributed by atoms with Crippen LogP contribution in [0.15, 0.2) is 53.5 Å². The second-order valence-corrected chi connectivity index (χ2v) is 7.77. The summed E-state index contributed by atoms with van der Waals surface area (Å²) in [6, 6.07) is 12.0. The van der Waals surface area contributed by atoms with E-state index >= 15 is 0 Å². The predicted octanol–water partition coefficient (Wildman–Crippen LogP) is 3.85. The van der Waals surface area contributed by atoms with Crippen molar-refractivity contribution < 1.29 is 21.8 Å². The normalized spacial score (nSPS) is 13.2. The first-order valence-corrected chi connectivity index (χ1v) is 10.5. The van der Waals surface area contributed by atoms with Crippen LogP contribution in [0.5, 0.6) is 0 Å². The summed E-state index contributed by atoms with van der Waals surface area (Å²) in [5.74, 6) is 0.155. The molecule has 1 atom stereocenters. The maximum atomic E-state index is 13.2. The van der Waals surface area contributed by atoms with Crippen LogP contribution in [-0.4, -0.2) is 29.0 Å². The minimum absolute atomic E-state index is 0.122. The average Bonchev–Trinajstić information content (AvgIpc) is 2.67. The Balaban J connectivity index is 1.95. The van der Waals surface area contributed by atoms with Crippen LogP contribution in [0, 0.1) is 5.82 Å². The van der Waals surface area contributed by atoms with Crippen molar-refractivity contribution in [3.63, 3.8) is 0 Å². The number of nitrogens with one attached hydrogen (secondary N) is 2. The quantitative estimate of drug-likeness (QED) is 0.381. The molecular formula is C20H23F4N3OS. The van der Waals surface area contributed by atoms with Gasteiger partial charge in [0, 0.05) is 35.4 Å². The van der Waals surface area contributed by atoms with E-state index in [4.69, 9.17) is 0 Å². The van der Waals surface area contributed by atoms with Gasteiger partial charge in [0.15, 0.2) is 5.96 Å². The van der Waals surface area contributed by atoms with Gasteiger partial charge in [0.1, 0.15) is 5.82 Å². The molecule has 0 aromatic heterocycles. The first-order chi connectivity index (χ1) is 13.8. The molecule has 0 radical (unpaired) electrons. The topological polar surface area (TPSA) is 53.5 Å². The lowest BCUT2D eigenvalue weighted by Gasteiger charge is -2.14. The number of hydrogen-bond donors (Lipinski definition) is 2. The smallest absolute Gasteiger partial charge is 0.357 e. The zero-order valence-corrected chi connectivity index (χ0v) is 16.7. The predicted molar refractivity (Wildman–Crippen MR) is 107 cm³/mol. The summed E-state index contributed by atoms with van der Waals surface area (Å²) in [4.78, 5) is 4.14. The van der Waals surface area contributed by atoms with E-state index in [9.17, 15) is 21.8 Å². The largest absolute Gasteiger partial charge is 0.416 e. The van der Waals surface area contributed by atoms with Gasteiger partial charge < -0.3 is 10.6 Å². The summed E-state index contributed by atoms with van der Waals surface area (Å²) >= 11 is 0. The van der Waals surface area contributed by atoms with Gasteiger partial charge in [0.05, 0.1) is 12.1 Å². The third-order valence-electron chi connectivity index (χ3n) is 3.92. The van der Waals surface area contributed by atoms with E-state index in [-0.39, 0.29) is 12.1 Å². The van der Waals surface area contributed by atoms with Crippen molar-refractivity contribution in [1.29, 1.82) is 0 Å². The molecule has 2 aromatic carbocycles. The molecule has 4 nitrogen and oxygen atoms in total. The summed E-state index contributed by atoms with van der Waals surface area (Å²) < 4.78 is 64.6. The second kappa shape index (κ2) is 10.9. The molecule has 2 rings (SSSR count). The Bertz CT molecular complexity index is 841. The van der Waals surface area contributed by atoms with Gasteiger partial charge in [-0.3, -0.25) is 4.21 Å². The summed E-state index contributed by atoms with van der Waals surface area (Å²) in [6.07, 6.45) is -4.66. The van der Waals surface area contributed by atoms with Crippen molar-refractivity contribution in [3.05, 3.63) is 71.0 Å². The van der Waals surface area contributed by atoms with Gasteiger partial charge in [-0.25, -0.2) is 9.38 Å². The van der Waals surface area contributed by atoms with Gasteiger partial charge >= 0.3 is 6.18 Å². The maximum Gasteiger partial charge on any atom is 0.416 e. The first-order valence-electron chi connectivity index (χ1n) is 9.06. The van der Waals surface area contributed by atoms with Gasteiger partial charge in [-0.1, -0.05) is 36.4 Å². The molecule has 0 aliphatic rings. The highest BCUT2D eigenvalue weighted by molar-refractivity contribution is 7.84. The van der Waals surface area contributed by atoms with Crippen molar-refractivity contribution in [2.24, 2.45) is 4.99 Å². The standard InChI is InChI=1S/C20H23F4N3OS/c1-2-25-19(26-10-11-29(28)14-15-6-4-3-5-7-15)27-13-16-8-9-17(21)12-18(16)20(22,23)24/h3-9,12H,2,10-11,13-14H2,1H3,(H2,25,26,27). The molecule has 0 aliphatic heterocycles. The molecule has 0 saturated carbocycles. The SMILES string of the molecule is CCNC(=NCc1ccc(F)cc1C(F)(F)F)NCCS(=O)Cc1ccccc1. The van der Waals surface area contributed by atoms with Crippen molar-refractivity contribution in [1.82, 2.24) is 10.6 Å². The van der Waals surface area contributed by atoms with Crippen LogP contribution in [0.3, 0.4) is 0 Å². The number of benzene rings is 2. The van der Waals surface area contributed by atoms with Crippen molar-refractivity contribution in [2.45, 2.75) is 25.4 Å². The van der Waals surface area contributed by atoms with Gasteiger partial charge in [0.2, 0.25) is 0 Å². The second-order valence-electron chi connectivity index (χ2n) is 6.20. The van der Waals surface area contributed by atoms with Crippen LogP contribution >= 0.6 is 0 Å². The summed E-state index contributed by atoms with van der Waals surface area (Å²) in [5, 5.41) is 5.90. The number of aliphatic imine (C=N–C) groups is 1. The fourth-order valence-corrected chi connectivity index (χ4v) is 3.61. The van der Waals surface area contributed by atoms with Crippen LogP contribution in [0.2, 0.25) is 0 Å². The third kappa shape index (κ3) is 7.84. The van der Waals surface area contributed by atoms with E-state index in [2.05, 4.69) is 15.6 Å². The molecule has 0 aliphatic carbocycles. The Morgan fingerprint density at radius 3 is 2.48 bits per heavy atom. The first kappa shape index (κ1) is 22.9. The number of nitrogens with zero attached hydrogens (tertiary/aromatic N) is 1. The molecule has 29 heavy (non-hydrogen) atoms. The summed E-state index contributed by atoms with van der Waals surface area (Å²) in [7, 11) is -1.09. The van der Waals surface area contributed by atoms with Crippen molar-refractivity contribution in [3.8, 4) is 0 Å². The van der Waals surface area contributed by atoms with Gasteiger partial charge in [-0.15, -0.1) is 0 Å². The van der Waals surface area contributed by atoms with Gasteiger partial charge in [-0.05, 0) is 30.2 Å². The number of guanidine groups is 1. The summed E-state index contributed by atoms with van der Waals surface area (Å²) in [6.45, 7) is 2.41. The van der Waals surface area contributed by atoms with Crippen LogP contribution < -0.4 is 10.6 Å². The van der Waals surface area contributed by atoms with Crippen LogP contribution in [0.4, 0.5) is 17.6 Å². The molecule has 2 aromatic rings. The van der Waals surface area contributed by atoms with E-state index in [0.717, 1.165) is 17.7 Å². The monoisotopic (exact) mass is 429 g/mol. The minimum atomic E-state index is -4.66. The molecule has 9 heteroatoms. The van der Waals surface area contributed by atoms with Crippen LogP contribution in [0.1, 0.15) is 23.6 Å². The fourth-order valence-electron chi connectivity index (χ4n) is 2.57. The molecule has 1 unspecified atom stereocenters. The molecule has 0 saturated heterocycles. The zero-order valence-electron chi connectivity index (χ0n) is 15.9. The highest BCUT2D eigenvalue weighted by Crippen LogP contribution is 2.32. The Kier molecular flexibility index (Phi) is 8.63. The number of alkyl halides is 3. The third-order valence-corrected chi connectivity index (χ3v) is 5.24. The molecule has 158 valence electrons. The molecule has 0 heterocycles. The maximum absolute atomic E-state index is 13.2. The molecule has 0 bridgehead atoms. The average molecular weight is 429 g/mol. The highest BCUT2D eigenvalue weighted by Gasteiger charge is 2.33. The molecular weight excluding hydrogens is 406 g/mol. The minimum Gasteiger partial charge on any atom is -0.357 e. The summed E-state index contributed by atoms with van der Waals surface area (Å²) in [5.41, 5.74) is -0.188. The van der Waals surface area contributed by atoms with E-state index < -0.39 is 28.4 Å². The molecule has 0 amide bonds. The lowest BCUT2D eigenvalue weighted by atomic mass is 10.1. The lowest BCUT2D eigenvalue weighted by molar-refractivity contribution is -0.138. The van der Waals surface area contributed by atoms with Crippen molar-refractivity contribution in [2.75, 3.05) is 18.8 Å². The Morgan fingerprint density at radius 2 is 1.83 bits per heavy atom. The van der Waals surface area contributed by atoms with Crippen molar-refractivity contribution >= 4 is 16.8 Å². The Hall–Kier alpha value is -2.42. The van der Waals surface area contributed by atoms with Crippen LogP contribution in [-0.2, 0) is 29.3 Å². The molecule has 2 N–H and O–H groups in total. The highest BCUT2D eigenvalue weighted by atomic mass is 32.2. The fraction of sp³-hybridized carbons (Fsp3) is 0.350. The Morgan fingerprint density at radius 1 is 1.10 bits per heavy atom. The van der Waals surface area contributed by atoms with E-state index in [1.807, 2.05) is 37.3 Å². The van der Waals surface area contributed by atoms with E-state index in [0.29, 0.717) is 36.6 Å². The van der Waals surface area contributed by atoms with E-state index in [1.165, 1.54) is 0 Å². The number of halogens is 4. The number of rotatable bonds is 8. The van der Waals surface area contributed by atoms with Crippen LogP contribution in [0.25, 0.3) is 0 Å². The van der Waals surface area contributed by atoms with E-state index in [1.54, 1.807) is 0 Å². The van der Waals surface area contributed by atoms with Gasteiger partial charge in [0.25, 0.3) is 0 Å². The lowest BCUT2D eigenvalue weighted by Crippen LogP contribution is -2.39. The number of hydrogen-bond acceptors (Lipinski definition) is 2. The van der Waals surface area contributed by atoms with Gasteiger partial charge in [-0.2, -0.15) is 13.2 Å².